The average Bonchev–Trinajstić information content (AvgIpc) is 2.86. The maximum Gasteiger partial charge on any atom is 0.274 e. The standard InChI is InChI=1S/C14H26N4O3/c1-4-18-13(12(15)11-16-18)14(19)17(7-9-20-5-2)8-10-21-6-3/h11H,4-10,15H2,1-3H3. The van der Waals surface area contributed by atoms with Gasteiger partial charge in [0, 0.05) is 32.8 Å². The molecule has 7 heteroatoms. The highest BCUT2D eigenvalue weighted by Gasteiger charge is 2.22. The van der Waals surface area contributed by atoms with E-state index in [0.717, 1.165) is 0 Å². The van der Waals surface area contributed by atoms with Crippen LogP contribution >= 0.6 is 0 Å². The van der Waals surface area contributed by atoms with Gasteiger partial charge in [-0.2, -0.15) is 5.10 Å². The van der Waals surface area contributed by atoms with Gasteiger partial charge in [0.25, 0.3) is 5.91 Å². The first kappa shape index (κ1) is 17.5. The maximum absolute atomic E-state index is 12.7. The fraction of sp³-hybridized carbons (Fsp3) is 0.714. The molecule has 0 aliphatic rings. The van der Waals surface area contributed by atoms with E-state index in [9.17, 15) is 4.79 Å². The second-order valence-electron chi connectivity index (χ2n) is 4.45. The minimum absolute atomic E-state index is 0.133. The van der Waals surface area contributed by atoms with E-state index in [2.05, 4.69) is 5.10 Å². The van der Waals surface area contributed by atoms with Gasteiger partial charge >= 0.3 is 0 Å². The van der Waals surface area contributed by atoms with Gasteiger partial charge in [-0.3, -0.25) is 9.48 Å². The Balaban J connectivity index is 2.79. The lowest BCUT2D eigenvalue weighted by Crippen LogP contribution is -2.38. The van der Waals surface area contributed by atoms with Gasteiger partial charge in [-0.05, 0) is 20.8 Å². The Morgan fingerprint density at radius 1 is 1.24 bits per heavy atom. The van der Waals surface area contributed by atoms with Crippen molar-refractivity contribution >= 4 is 11.6 Å². The molecule has 1 amide bonds. The molecule has 0 spiro atoms. The van der Waals surface area contributed by atoms with Crippen molar-refractivity contribution in [2.45, 2.75) is 27.3 Å². The molecule has 7 nitrogen and oxygen atoms in total. The number of aromatic nitrogens is 2. The van der Waals surface area contributed by atoms with Crippen molar-refractivity contribution in [3.05, 3.63) is 11.9 Å². The molecule has 120 valence electrons. The summed E-state index contributed by atoms with van der Waals surface area (Å²) in [6, 6.07) is 0. The fourth-order valence-corrected chi connectivity index (χ4v) is 1.98. The van der Waals surface area contributed by atoms with E-state index in [1.807, 2.05) is 20.8 Å². The minimum Gasteiger partial charge on any atom is -0.396 e. The molecule has 0 saturated carbocycles. The van der Waals surface area contributed by atoms with Gasteiger partial charge in [-0.1, -0.05) is 0 Å². The SMILES string of the molecule is CCOCCN(CCOCC)C(=O)c1c(N)cnn1CC. The highest BCUT2D eigenvalue weighted by molar-refractivity contribution is 5.97. The minimum atomic E-state index is -0.133. The molecule has 21 heavy (non-hydrogen) atoms. The second kappa shape index (κ2) is 9.36. The summed E-state index contributed by atoms with van der Waals surface area (Å²) in [6.45, 7) is 9.64. The van der Waals surface area contributed by atoms with Gasteiger partial charge in [0.05, 0.1) is 25.1 Å². The average molecular weight is 298 g/mol. The molecule has 0 aromatic carbocycles. The van der Waals surface area contributed by atoms with E-state index >= 15 is 0 Å². The Kier molecular flexibility index (Phi) is 7.78. The van der Waals surface area contributed by atoms with Crippen LogP contribution in [0.2, 0.25) is 0 Å². The Labute approximate surface area is 126 Å². The third kappa shape index (κ3) is 5.02. The van der Waals surface area contributed by atoms with Crippen molar-refractivity contribution in [2.24, 2.45) is 0 Å². The molecular formula is C14H26N4O3. The van der Waals surface area contributed by atoms with Crippen LogP contribution in [0.25, 0.3) is 0 Å². The number of nitrogens with two attached hydrogens (primary N) is 1. The number of hydrogen-bond donors (Lipinski definition) is 1. The molecule has 1 aromatic rings. The van der Waals surface area contributed by atoms with E-state index in [0.29, 0.717) is 57.4 Å². The molecule has 0 aliphatic carbocycles. The van der Waals surface area contributed by atoms with Crippen molar-refractivity contribution in [2.75, 3.05) is 45.3 Å². The van der Waals surface area contributed by atoms with Crippen LogP contribution in [0.3, 0.4) is 0 Å². The van der Waals surface area contributed by atoms with E-state index in [-0.39, 0.29) is 5.91 Å². The Hall–Kier alpha value is -1.60. The lowest BCUT2D eigenvalue weighted by molar-refractivity contribution is 0.0541. The predicted octanol–water partition coefficient (Wildman–Crippen LogP) is 1.00. The topological polar surface area (TPSA) is 82.6 Å². The number of ether oxygens (including phenoxy) is 2. The number of aryl methyl sites for hydroxylation is 1. The molecule has 0 radical (unpaired) electrons. The van der Waals surface area contributed by atoms with Crippen molar-refractivity contribution in [1.82, 2.24) is 14.7 Å². The number of amides is 1. The first-order valence-electron chi connectivity index (χ1n) is 7.41. The van der Waals surface area contributed by atoms with Gasteiger partial charge in [0.1, 0.15) is 5.69 Å². The summed E-state index contributed by atoms with van der Waals surface area (Å²) >= 11 is 0. The molecule has 0 bridgehead atoms. The first-order valence-corrected chi connectivity index (χ1v) is 7.41. The molecule has 1 rings (SSSR count). The van der Waals surface area contributed by atoms with Crippen molar-refractivity contribution in [3.8, 4) is 0 Å². The molecule has 2 N–H and O–H groups in total. The van der Waals surface area contributed by atoms with Crippen LogP contribution < -0.4 is 5.73 Å². The van der Waals surface area contributed by atoms with Crippen LogP contribution in [-0.4, -0.2) is 60.1 Å². The number of hydrogen-bond acceptors (Lipinski definition) is 5. The van der Waals surface area contributed by atoms with Gasteiger partial charge in [-0.15, -0.1) is 0 Å². The number of carbonyl (C=O) groups is 1. The monoisotopic (exact) mass is 298 g/mol. The summed E-state index contributed by atoms with van der Waals surface area (Å²) < 4.78 is 12.3. The molecule has 0 unspecified atom stereocenters. The molecule has 0 atom stereocenters. The largest absolute Gasteiger partial charge is 0.396 e. The molecule has 0 saturated heterocycles. The lowest BCUT2D eigenvalue weighted by Gasteiger charge is -2.23. The maximum atomic E-state index is 12.7. The summed E-state index contributed by atoms with van der Waals surface area (Å²) in [5.74, 6) is -0.133. The van der Waals surface area contributed by atoms with Crippen LogP contribution in [0.5, 0.6) is 0 Å². The molecular weight excluding hydrogens is 272 g/mol. The third-order valence-electron chi connectivity index (χ3n) is 3.08. The summed E-state index contributed by atoms with van der Waals surface area (Å²) in [6.07, 6.45) is 1.51. The van der Waals surface area contributed by atoms with Crippen LogP contribution in [-0.2, 0) is 16.0 Å². The number of carbonyl (C=O) groups excluding carboxylic acids is 1. The normalized spacial score (nSPS) is 10.8. The molecule has 0 aliphatic heterocycles. The van der Waals surface area contributed by atoms with Crippen molar-refractivity contribution in [1.29, 1.82) is 0 Å². The number of anilines is 1. The number of nitrogens with zero attached hydrogens (tertiary/aromatic N) is 3. The Morgan fingerprint density at radius 2 is 1.81 bits per heavy atom. The van der Waals surface area contributed by atoms with E-state index in [1.165, 1.54) is 6.20 Å². The highest BCUT2D eigenvalue weighted by Crippen LogP contribution is 2.14. The molecule has 0 fully saturated rings. The Bertz CT molecular complexity index is 424. The van der Waals surface area contributed by atoms with Gasteiger partial charge in [0.2, 0.25) is 0 Å². The third-order valence-corrected chi connectivity index (χ3v) is 3.08. The first-order chi connectivity index (χ1) is 10.2. The van der Waals surface area contributed by atoms with E-state index < -0.39 is 0 Å². The highest BCUT2D eigenvalue weighted by atomic mass is 16.5. The zero-order valence-electron chi connectivity index (χ0n) is 13.2. The van der Waals surface area contributed by atoms with Gasteiger partial charge in [-0.25, -0.2) is 0 Å². The van der Waals surface area contributed by atoms with Crippen molar-refractivity contribution < 1.29 is 14.3 Å². The van der Waals surface area contributed by atoms with Gasteiger partial charge in [0.15, 0.2) is 0 Å². The predicted molar refractivity (Wildman–Crippen MR) is 81.2 cm³/mol. The van der Waals surface area contributed by atoms with Crippen LogP contribution in [0.1, 0.15) is 31.3 Å². The quantitative estimate of drug-likeness (QED) is 0.652. The lowest BCUT2D eigenvalue weighted by atomic mass is 10.3. The van der Waals surface area contributed by atoms with E-state index in [4.69, 9.17) is 15.2 Å². The summed E-state index contributed by atoms with van der Waals surface area (Å²) in [5.41, 5.74) is 6.71. The summed E-state index contributed by atoms with van der Waals surface area (Å²) in [4.78, 5) is 14.4. The zero-order chi connectivity index (χ0) is 15.7. The molecule has 1 heterocycles. The smallest absolute Gasteiger partial charge is 0.274 e. The van der Waals surface area contributed by atoms with Crippen LogP contribution in [0.15, 0.2) is 6.20 Å². The van der Waals surface area contributed by atoms with E-state index in [1.54, 1.807) is 9.58 Å². The number of rotatable bonds is 10. The van der Waals surface area contributed by atoms with Crippen LogP contribution in [0, 0.1) is 0 Å². The fourth-order valence-electron chi connectivity index (χ4n) is 1.98. The second-order valence-corrected chi connectivity index (χ2v) is 4.45. The summed E-state index contributed by atoms with van der Waals surface area (Å²) in [5, 5.41) is 4.11. The van der Waals surface area contributed by atoms with Crippen molar-refractivity contribution in [3.63, 3.8) is 0 Å². The van der Waals surface area contributed by atoms with Gasteiger partial charge < -0.3 is 20.1 Å². The molecule has 1 aromatic heterocycles. The zero-order valence-corrected chi connectivity index (χ0v) is 13.2. The summed E-state index contributed by atoms with van der Waals surface area (Å²) in [7, 11) is 0. The Morgan fingerprint density at radius 3 is 2.29 bits per heavy atom. The van der Waals surface area contributed by atoms with Crippen LogP contribution in [0.4, 0.5) is 5.69 Å². The number of nitrogen functional groups attached to an aromatic ring is 1.